The highest BCUT2D eigenvalue weighted by molar-refractivity contribution is 5.84. The molecule has 194 valence electrons. The number of ketones is 1. The number of Topliss-reactive ketones (excluding diaryl/α,β-unsaturated/α-hetero) is 1. The summed E-state index contributed by atoms with van der Waals surface area (Å²) in [4.78, 5) is 16.0. The van der Waals surface area contributed by atoms with Gasteiger partial charge in [-0.05, 0) is 47.7 Å². The highest BCUT2D eigenvalue weighted by atomic mass is 16.5. The predicted molar refractivity (Wildman–Crippen MR) is 149 cm³/mol. The van der Waals surface area contributed by atoms with Crippen molar-refractivity contribution in [2.24, 2.45) is 5.73 Å². The van der Waals surface area contributed by atoms with Gasteiger partial charge < -0.3 is 20.0 Å². The van der Waals surface area contributed by atoms with Gasteiger partial charge in [-0.25, -0.2) is 0 Å². The molecule has 5 rings (SSSR count). The number of aryl methyl sites for hydroxylation is 2. The number of hydrogen-bond donors (Lipinski definition) is 2. The average Bonchev–Trinajstić information content (AvgIpc) is 3.56. The summed E-state index contributed by atoms with van der Waals surface area (Å²) in [7, 11) is 1.67. The third-order valence-electron chi connectivity index (χ3n) is 7.04. The molecule has 0 unspecified atom stereocenters. The molecule has 0 aliphatic carbocycles. The van der Waals surface area contributed by atoms with Crippen molar-refractivity contribution in [3.8, 4) is 5.75 Å². The van der Waals surface area contributed by atoms with E-state index in [1.165, 1.54) is 5.56 Å². The summed E-state index contributed by atoms with van der Waals surface area (Å²) in [5.74, 6) is 2.40. The van der Waals surface area contributed by atoms with Gasteiger partial charge in [0.1, 0.15) is 23.2 Å². The van der Waals surface area contributed by atoms with Crippen LogP contribution >= 0.6 is 0 Å². The van der Waals surface area contributed by atoms with Gasteiger partial charge in [-0.3, -0.25) is 4.79 Å². The van der Waals surface area contributed by atoms with Gasteiger partial charge in [0.25, 0.3) is 0 Å². The Morgan fingerprint density at radius 1 is 0.947 bits per heavy atom. The van der Waals surface area contributed by atoms with E-state index >= 15 is 0 Å². The molecule has 0 saturated carbocycles. The number of nitrogens with two attached hydrogens (primary N) is 1. The van der Waals surface area contributed by atoms with Crippen molar-refractivity contribution < 1.29 is 9.53 Å². The van der Waals surface area contributed by atoms with Crippen LogP contribution in [0, 0.1) is 0 Å². The molecule has 0 bridgehead atoms. The van der Waals surface area contributed by atoms with Crippen molar-refractivity contribution in [2.75, 3.05) is 13.7 Å². The first-order valence-electron chi connectivity index (χ1n) is 13.0. The molecular formula is C31H33N5O2. The zero-order valence-corrected chi connectivity index (χ0v) is 21.6. The topological polar surface area (TPSA) is 98.8 Å². The lowest BCUT2D eigenvalue weighted by Gasteiger charge is -2.18. The number of ether oxygens (including phenoxy) is 1. The monoisotopic (exact) mass is 507 g/mol. The van der Waals surface area contributed by atoms with Crippen LogP contribution < -0.4 is 10.5 Å². The second-order valence-corrected chi connectivity index (χ2v) is 9.60. The van der Waals surface area contributed by atoms with Crippen LogP contribution in [0.25, 0.3) is 10.9 Å². The number of hydrogen-bond acceptors (Lipinski definition) is 5. The highest BCUT2D eigenvalue weighted by Crippen LogP contribution is 2.29. The lowest BCUT2D eigenvalue weighted by atomic mass is 9.93. The molecule has 5 aromatic rings. The molecule has 1 atom stereocenters. The molecule has 0 saturated heterocycles. The smallest absolute Gasteiger partial charge is 0.147 e. The SMILES string of the molecule is COc1ccc(Cn2c(CCc3ccccc3)nnc2[C@H](CC(=O)CN)Cc2c[nH]c3ccccc23)cc1. The van der Waals surface area contributed by atoms with E-state index < -0.39 is 0 Å². The molecule has 2 heterocycles. The summed E-state index contributed by atoms with van der Waals surface area (Å²) in [5.41, 5.74) is 10.4. The first-order valence-corrected chi connectivity index (χ1v) is 13.0. The maximum absolute atomic E-state index is 12.6. The van der Waals surface area contributed by atoms with Crippen LogP contribution in [0.5, 0.6) is 5.75 Å². The van der Waals surface area contributed by atoms with Crippen LogP contribution in [0.1, 0.15) is 40.7 Å². The zero-order valence-electron chi connectivity index (χ0n) is 21.6. The van der Waals surface area contributed by atoms with E-state index in [2.05, 4.69) is 63.2 Å². The maximum atomic E-state index is 12.6. The van der Waals surface area contributed by atoms with E-state index in [-0.39, 0.29) is 18.2 Å². The van der Waals surface area contributed by atoms with Crippen LogP contribution in [0.3, 0.4) is 0 Å². The molecule has 7 heteroatoms. The molecule has 0 fully saturated rings. The molecule has 7 nitrogen and oxygen atoms in total. The molecule has 38 heavy (non-hydrogen) atoms. The molecule has 2 aromatic heterocycles. The zero-order chi connectivity index (χ0) is 26.3. The predicted octanol–water partition coefficient (Wildman–Crippen LogP) is 4.85. The number of carbonyl (C=O) groups excluding carboxylic acids is 1. The summed E-state index contributed by atoms with van der Waals surface area (Å²) >= 11 is 0. The number of rotatable bonds is 12. The van der Waals surface area contributed by atoms with Crippen molar-refractivity contribution in [2.45, 2.75) is 38.1 Å². The van der Waals surface area contributed by atoms with Gasteiger partial charge in [-0.2, -0.15) is 0 Å². The lowest BCUT2D eigenvalue weighted by molar-refractivity contribution is -0.118. The van der Waals surface area contributed by atoms with Gasteiger partial charge in [0.2, 0.25) is 0 Å². The van der Waals surface area contributed by atoms with Gasteiger partial charge in [0, 0.05) is 35.9 Å². The number of carbonyl (C=O) groups is 1. The number of nitrogens with one attached hydrogen (secondary N) is 1. The second kappa shape index (κ2) is 11.9. The minimum Gasteiger partial charge on any atom is -0.497 e. The molecule has 3 aromatic carbocycles. The number of fused-ring (bicyclic) bond motifs is 1. The number of benzene rings is 3. The summed E-state index contributed by atoms with van der Waals surface area (Å²) < 4.78 is 7.53. The fraction of sp³-hybridized carbons (Fsp3) is 0.258. The molecule has 0 radical (unpaired) electrons. The van der Waals surface area contributed by atoms with E-state index in [4.69, 9.17) is 15.6 Å². The highest BCUT2D eigenvalue weighted by Gasteiger charge is 2.25. The Balaban J connectivity index is 1.51. The lowest BCUT2D eigenvalue weighted by Crippen LogP contribution is -2.21. The molecule has 0 aliphatic heterocycles. The minimum atomic E-state index is -0.151. The van der Waals surface area contributed by atoms with Crippen LogP contribution in [0.15, 0.2) is 85.1 Å². The number of H-pyrrole nitrogens is 1. The number of aromatic nitrogens is 4. The van der Waals surface area contributed by atoms with Crippen molar-refractivity contribution in [3.05, 3.63) is 113 Å². The largest absolute Gasteiger partial charge is 0.497 e. The van der Waals surface area contributed by atoms with E-state index in [1.807, 2.05) is 36.5 Å². The summed E-state index contributed by atoms with van der Waals surface area (Å²) in [6, 6.07) is 26.7. The van der Waals surface area contributed by atoms with Crippen LogP contribution in [-0.4, -0.2) is 39.2 Å². The van der Waals surface area contributed by atoms with Crippen molar-refractivity contribution in [3.63, 3.8) is 0 Å². The Morgan fingerprint density at radius 2 is 1.71 bits per heavy atom. The number of nitrogens with zero attached hydrogens (tertiary/aromatic N) is 3. The normalized spacial score (nSPS) is 12.1. The number of aromatic amines is 1. The fourth-order valence-corrected chi connectivity index (χ4v) is 5.00. The van der Waals surface area contributed by atoms with Crippen molar-refractivity contribution >= 4 is 16.7 Å². The van der Waals surface area contributed by atoms with E-state index in [9.17, 15) is 4.79 Å². The first kappa shape index (κ1) is 25.4. The third-order valence-corrected chi connectivity index (χ3v) is 7.04. The standard InChI is InChI=1S/C31H33N5O2/c1-38-27-14-11-23(12-15-27)21-36-30(16-13-22-7-3-2-4-8-22)34-35-31(36)24(18-26(37)19-32)17-25-20-33-29-10-6-5-9-28(25)29/h2-12,14-15,20,24,33H,13,16-19,21,32H2,1H3/t24-/m0/s1. The second-order valence-electron chi connectivity index (χ2n) is 9.60. The van der Waals surface area contributed by atoms with Crippen molar-refractivity contribution in [1.82, 2.24) is 19.7 Å². The van der Waals surface area contributed by atoms with Gasteiger partial charge in [-0.15, -0.1) is 10.2 Å². The van der Waals surface area contributed by atoms with Gasteiger partial charge in [0.05, 0.1) is 20.2 Å². The summed E-state index contributed by atoms with van der Waals surface area (Å²) in [6.07, 6.45) is 4.62. The third kappa shape index (κ3) is 5.84. The maximum Gasteiger partial charge on any atom is 0.147 e. The Morgan fingerprint density at radius 3 is 2.47 bits per heavy atom. The first-order chi connectivity index (χ1) is 18.6. The molecular weight excluding hydrogens is 474 g/mol. The summed E-state index contributed by atoms with van der Waals surface area (Å²) in [6.45, 7) is 0.621. The number of methoxy groups -OCH3 is 1. The van der Waals surface area contributed by atoms with Crippen LogP contribution in [0.4, 0.5) is 0 Å². The molecule has 0 spiro atoms. The van der Waals surface area contributed by atoms with E-state index in [0.717, 1.165) is 52.3 Å². The summed E-state index contributed by atoms with van der Waals surface area (Å²) in [5, 5.41) is 10.5. The van der Waals surface area contributed by atoms with Gasteiger partial charge >= 0.3 is 0 Å². The van der Waals surface area contributed by atoms with Crippen LogP contribution in [-0.2, 0) is 30.6 Å². The molecule has 0 aliphatic rings. The van der Waals surface area contributed by atoms with Gasteiger partial charge in [-0.1, -0.05) is 60.7 Å². The minimum absolute atomic E-state index is 0.0118. The Bertz CT molecular complexity index is 1490. The fourth-order valence-electron chi connectivity index (χ4n) is 5.00. The average molecular weight is 508 g/mol. The molecule has 0 amide bonds. The quantitative estimate of drug-likeness (QED) is 0.252. The van der Waals surface area contributed by atoms with Crippen molar-refractivity contribution in [1.29, 1.82) is 0 Å². The number of para-hydroxylation sites is 1. The molecule has 3 N–H and O–H groups in total. The Hall–Kier alpha value is -4.23. The Labute approximate surface area is 222 Å². The van der Waals surface area contributed by atoms with E-state index in [1.54, 1.807) is 7.11 Å². The van der Waals surface area contributed by atoms with E-state index in [0.29, 0.717) is 19.4 Å². The van der Waals surface area contributed by atoms with Gasteiger partial charge in [0.15, 0.2) is 0 Å². The van der Waals surface area contributed by atoms with Crippen LogP contribution in [0.2, 0.25) is 0 Å². The Kier molecular flexibility index (Phi) is 7.95.